The molecule has 0 spiro atoms. The van der Waals surface area contributed by atoms with E-state index in [0.717, 1.165) is 29.7 Å². The van der Waals surface area contributed by atoms with Gasteiger partial charge in [-0.15, -0.1) is 0 Å². The lowest BCUT2D eigenvalue weighted by molar-refractivity contribution is 0.518. The van der Waals surface area contributed by atoms with Crippen LogP contribution in [-0.2, 0) is 12.8 Å². The molecule has 0 aliphatic carbocycles. The molecule has 0 bridgehead atoms. The summed E-state index contributed by atoms with van der Waals surface area (Å²) in [5.41, 5.74) is 13.7. The van der Waals surface area contributed by atoms with Gasteiger partial charge in [-0.1, -0.05) is 43.7 Å². The van der Waals surface area contributed by atoms with Gasteiger partial charge in [-0.05, 0) is 55.5 Å². The molecule has 1 atom stereocenters. The van der Waals surface area contributed by atoms with Crippen LogP contribution in [0.2, 0.25) is 0 Å². The van der Waals surface area contributed by atoms with Crippen molar-refractivity contribution in [2.24, 2.45) is 5.73 Å². The van der Waals surface area contributed by atoms with Gasteiger partial charge in [0, 0.05) is 10.9 Å². The normalized spacial score (nSPS) is 12.7. The van der Waals surface area contributed by atoms with Crippen LogP contribution in [0.15, 0.2) is 40.8 Å². The van der Waals surface area contributed by atoms with Gasteiger partial charge < -0.3 is 10.2 Å². The minimum absolute atomic E-state index is 0.220. The fourth-order valence-electron chi connectivity index (χ4n) is 3.29. The summed E-state index contributed by atoms with van der Waals surface area (Å²) in [5, 5.41) is 1.21. The molecule has 3 aromatic rings. The van der Waals surface area contributed by atoms with Gasteiger partial charge in [0.2, 0.25) is 0 Å². The highest BCUT2D eigenvalue weighted by molar-refractivity contribution is 5.83. The third-order valence-electron chi connectivity index (χ3n) is 4.70. The molecule has 0 aliphatic rings. The number of hydrogen-bond donors (Lipinski definition) is 1. The highest BCUT2D eigenvalue weighted by atomic mass is 16.3. The molecule has 120 valence electrons. The molecule has 0 saturated heterocycles. The Hall–Kier alpha value is -2.06. The van der Waals surface area contributed by atoms with Gasteiger partial charge in [0.25, 0.3) is 0 Å². The zero-order chi connectivity index (χ0) is 16.6. The van der Waals surface area contributed by atoms with Gasteiger partial charge in [0.15, 0.2) is 0 Å². The van der Waals surface area contributed by atoms with Gasteiger partial charge >= 0.3 is 0 Å². The van der Waals surface area contributed by atoms with Crippen molar-refractivity contribution in [1.29, 1.82) is 0 Å². The van der Waals surface area contributed by atoms with Crippen LogP contribution in [0, 0.1) is 13.8 Å². The van der Waals surface area contributed by atoms with Crippen molar-refractivity contribution in [3.05, 3.63) is 70.0 Å². The van der Waals surface area contributed by atoms with Crippen LogP contribution < -0.4 is 5.73 Å². The fraction of sp³-hybridized carbons (Fsp3) is 0.333. The van der Waals surface area contributed by atoms with Crippen molar-refractivity contribution in [3.8, 4) is 0 Å². The maximum absolute atomic E-state index is 6.60. The van der Waals surface area contributed by atoms with Crippen LogP contribution in [-0.4, -0.2) is 0 Å². The fourth-order valence-corrected chi connectivity index (χ4v) is 3.29. The smallest absolute Gasteiger partial charge is 0.134 e. The predicted molar refractivity (Wildman–Crippen MR) is 96.9 cm³/mol. The maximum Gasteiger partial charge on any atom is 0.134 e. The minimum Gasteiger partial charge on any atom is -0.459 e. The summed E-state index contributed by atoms with van der Waals surface area (Å²) in [6.45, 7) is 8.55. The van der Waals surface area contributed by atoms with E-state index in [9.17, 15) is 0 Å². The van der Waals surface area contributed by atoms with Gasteiger partial charge in [0.05, 0.1) is 6.04 Å². The standard InChI is InChI=1S/C21H25NO/c1-5-15-9-10-19-18(12-15)16(6-2)21(23-19)20(22)17-11-13(3)7-8-14(17)4/h7-12,20H,5-6,22H2,1-4H3. The van der Waals surface area contributed by atoms with E-state index in [1.165, 1.54) is 27.6 Å². The zero-order valence-corrected chi connectivity index (χ0v) is 14.4. The Morgan fingerprint density at radius 3 is 2.48 bits per heavy atom. The number of benzene rings is 2. The van der Waals surface area contributed by atoms with Crippen LogP contribution in [0.4, 0.5) is 0 Å². The number of fused-ring (bicyclic) bond motifs is 1. The average Bonchev–Trinajstić information content (AvgIpc) is 2.93. The summed E-state index contributed by atoms with van der Waals surface area (Å²) >= 11 is 0. The Morgan fingerprint density at radius 2 is 1.78 bits per heavy atom. The Bertz CT molecular complexity index is 844. The second kappa shape index (κ2) is 6.21. The number of hydrogen-bond acceptors (Lipinski definition) is 2. The molecule has 0 aliphatic heterocycles. The van der Waals surface area contributed by atoms with E-state index in [2.05, 4.69) is 64.1 Å². The molecule has 23 heavy (non-hydrogen) atoms. The second-order valence-electron chi connectivity index (χ2n) is 6.32. The van der Waals surface area contributed by atoms with E-state index < -0.39 is 0 Å². The number of aryl methyl sites for hydroxylation is 4. The van der Waals surface area contributed by atoms with Crippen LogP contribution >= 0.6 is 0 Å². The summed E-state index contributed by atoms with van der Waals surface area (Å²) in [4.78, 5) is 0. The van der Waals surface area contributed by atoms with Crippen molar-refractivity contribution in [3.63, 3.8) is 0 Å². The Labute approximate surface area is 138 Å². The maximum atomic E-state index is 6.60. The highest BCUT2D eigenvalue weighted by Crippen LogP contribution is 2.34. The first-order valence-corrected chi connectivity index (χ1v) is 8.42. The van der Waals surface area contributed by atoms with Crippen LogP contribution in [0.1, 0.15) is 53.5 Å². The van der Waals surface area contributed by atoms with E-state index in [4.69, 9.17) is 10.2 Å². The molecular weight excluding hydrogens is 282 g/mol. The lowest BCUT2D eigenvalue weighted by Gasteiger charge is -2.15. The summed E-state index contributed by atoms with van der Waals surface area (Å²) in [7, 11) is 0. The number of rotatable bonds is 4. The lowest BCUT2D eigenvalue weighted by atomic mass is 9.94. The van der Waals surface area contributed by atoms with Gasteiger partial charge in [-0.25, -0.2) is 0 Å². The first-order chi connectivity index (χ1) is 11.0. The first-order valence-electron chi connectivity index (χ1n) is 8.42. The molecule has 2 N–H and O–H groups in total. The van der Waals surface area contributed by atoms with E-state index in [0.29, 0.717) is 0 Å². The number of furan rings is 1. The van der Waals surface area contributed by atoms with Crippen molar-refractivity contribution in [2.45, 2.75) is 46.6 Å². The SMILES string of the molecule is CCc1ccc2oc(C(N)c3cc(C)ccc3C)c(CC)c2c1. The van der Waals surface area contributed by atoms with Gasteiger partial charge in [0.1, 0.15) is 11.3 Å². The van der Waals surface area contributed by atoms with Crippen LogP contribution in [0.5, 0.6) is 0 Å². The van der Waals surface area contributed by atoms with Gasteiger partial charge in [-0.3, -0.25) is 0 Å². The monoisotopic (exact) mass is 307 g/mol. The van der Waals surface area contributed by atoms with E-state index >= 15 is 0 Å². The Morgan fingerprint density at radius 1 is 1.00 bits per heavy atom. The lowest BCUT2D eigenvalue weighted by Crippen LogP contribution is -2.14. The van der Waals surface area contributed by atoms with E-state index in [1.807, 2.05) is 0 Å². The Kier molecular flexibility index (Phi) is 4.27. The van der Waals surface area contributed by atoms with Crippen LogP contribution in [0.25, 0.3) is 11.0 Å². The Balaban J connectivity index is 2.16. The third kappa shape index (κ3) is 2.79. The third-order valence-corrected chi connectivity index (χ3v) is 4.70. The van der Waals surface area contributed by atoms with Crippen molar-refractivity contribution < 1.29 is 4.42 Å². The summed E-state index contributed by atoms with van der Waals surface area (Å²) in [6.07, 6.45) is 1.96. The van der Waals surface area contributed by atoms with E-state index in [-0.39, 0.29) is 6.04 Å². The zero-order valence-electron chi connectivity index (χ0n) is 14.4. The molecular formula is C21H25NO. The molecule has 1 aromatic heterocycles. The van der Waals surface area contributed by atoms with Crippen molar-refractivity contribution in [2.75, 3.05) is 0 Å². The summed E-state index contributed by atoms with van der Waals surface area (Å²) < 4.78 is 6.18. The molecule has 0 fully saturated rings. The molecule has 0 amide bonds. The molecule has 1 unspecified atom stereocenters. The first kappa shape index (κ1) is 15.8. The van der Waals surface area contributed by atoms with Crippen LogP contribution in [0.3, 0.4) is 0 Å². The summed E-state index contributed by atoms with van der Waals surface area (Å²) in [5.74, 6) is 0.907. The van der Waals surface area contributed by atoms with E-state index in [1.54, 1.807) is 0 Å². The minimum atomic E-state index is -0.220. The molecule has 1 heterocycles. The quantitative estimate of drug-likeness (QED) is 0.717. The largest absolute Gasteiger partial charge is 0.459 e. The topological polar surface area (TPSA) is 39.2 Å². The highest BCUT2D eigenvalue weighted by Gasteiger charge is 2.21. The molecule has 2 heteroatoms. The summed E-state index contributed by atoms with van der Waals surface area (Å²) in [6, 6.07) is 12.7. The molecule has 2 aromatic carbocycles. The van der Waals surface area contributed by atoms with Gasteiger partial charge in [-0.2, -0.15) is 0 Å². The predicted octanol–water partition coefficient (Wildman–Crippen LogP) is 5.22. The van der Waals surface area contributed by atoms with Crippen molar-refractivity contribution >= 4 is 11.0 Å². The average molecular weight is 307 g/mol. The molecule has 3 rings (SSSR count). The molecule has 0 saturated carbocycles. The number of nitrogens with two attached hydrogens (primary N) is 1. The molecule has 0 radical (unpaired) electrons. The second-order valence-corrected chi connectivity index (χ2v) is 6.32. The molecule has 2 nitrogen and oxygen atoms in total. The van der Waals surface area contributed by atoms with Crippen molar-refractivity contribution in [1.82, 2.24) is 0 Å².